The highest BCUT2D eigenvalue weighted by atomic mass is 16.5. The molecule has 0 N–H and O–H groups in total. The van der Waals surface area contributed by atoms with Gasteiger partial charge >= 0.3 is 11.7 Å². The monoisotopic (exact) mass is 369 g/mol. The minimum Gasteiger partial charge on any atom is -0.497 e. The van der Waals surface area contributed by atoms with Gasteiger partial charge in [0.25, 0.3) is 0 Å². The van der Waals surface area contributed by atoms with Crippen LogP contribution in [0.3, 0.4) is 0 Å². The number of aromatic nitrogens is 1. The maximum absolute atomic E-state index is 12.4. The molecule has 7 nitrogen and oxygen atoms in total. The average Bonchev–Trinajstić information content (AvgIpc) is 3.00. The zero-order valence-electron chi connectivity index (χ0n) is 15.0. The van der Waals surface area contributed by atoms with Crippen molar-refractivity contribution >= 4 is 22.9 Å². The molecule has 0 amide bonds. The number of ketones is 1. The Labute approximate surface area is 155 Å². The van der Waals surface area contributed by atoms with Crippen molar-refractivity contribution in [2.45, 2.75) is 26.0 Å². The number of hydrogen-bond acceptors (Lipinski definition) is 6. The van der Waals surface area contributed by atoms with Crippen LogP contribution in [0.15, 0.2) is 57.7 Å². The number of nitrogens with zero attached hydrogens (tertiary/aromatic N) is 1. The van der Waals surface area contributed by atoms with Crippen molar-refractivity contribution in [1.29, 1.82) is 0 Å². The highest BCUT2D eigenvalue weighted by molar-refractivity contribution is 6.00. The van der Waals surface area contributed by atoms with E-state index in [9.17, 15) is 14.4 Å². The van der Waals surface area contributed by atoms with Gasteiger partial charge in [-0.15, -0.1) is 0 Å². The van der Waals surface area contributed by atoms with E-state index in [4.69, 9.17) is 13.9 Å². The highest BCUT2D eigenvalue weighted by Gasteiger charge is 2.20. The molecular weight excluding hydrogens is 350 g/mol. The van der Waals surface area contributed by atoms with Crippen LogP contribution in [0.5, 0.6) is 5.75 Å². The zero-order valence-corrected chi connectivity index (χ0v) is 15.0. The summed E-state index contributed by atoms with van der Waals surface area (Å²) in [5.41, 5.74) is 1.49. The summed E-state index contributed by atoms with van der Waals surface area (Å²) >= 11 is 0. The molecule has 0 radical (unpaired) electrons. The Morgan fingerprint density at radius 3 is 2.52 bits per heavy atom. The van der Waals surface area contributed by atoms with Gasteiger partial charge in [0, 0.05) is 12.1 Å². The van der Waals surface area contributed by atoms with Crippen molar-refractivity contribution < 1.29 is 23.5 Å². The second kappa shape index (κ2) is 7.90. The van der Waals surface area contributed by atoms with Gasteiger partial charge in [-0.3, -0.25) is 14.2 Å². The molecule has 1 aromatic heterocycles. The molecule has 3 rings (SSSR count). The van der Waals surface area contributed by atoms with Crippen molar-refractivity contribution in [3.63, 3.8) is 0 Å². The summed E-state index contributed by atoms with van der Waals surface area (Å²) in [4.78, 5) is 36.3. The Hall–Kier alpha value is -3.35. The number of carbonyl (C=O) groups excluding carboxylic acids is 2. The van der Waals surface area contributed by atoms with Crippen molar-refractivity contribution in [3.05, 3.63) is 64.6 Å². The van der Waals surface area contributed by atoms with Gasteiger partial charge in [-0.25, -0.2) is 4.79 Å². The van der Waals surface area contributed by atoms with E-state index in [-0.39, 0.29) is 18.7 Å². The maximum Gasteiger partial charge on any atom is 0.419 e. The summed E-state index contributed by atoms with van der Waals surface area (Å²) < 4.78 is 16.7. The molecule has 1 heterocycles. The van der Waals surface area contributed by atoms with Gasteiger partial charge in [-0.1, -0.05) is 12.1 Å². The molecule has 0 bridgehead atoms. The summed E-state index contributed by atoms with van der Waals surface area (Å²) in [5.74, 6) is -0.779. The molecule has 2 aromatic carbocycles. The number of aryl methyl sites for hydroxylation is 1. The van der Waals surface area contributed by atoms with Crippen LogP contribution in [0.1, 0.15) is 23.7 Å². The lowest BCUT2D eigenvalue weighted by molar-refractivity contribution is -0.146. The van der Waals surface area contributed by atoms with Crippen molar-refractivity contribution in [2.75, 3.05) is 7.11 Å². The summed E-state index contributed by atoms with van der Waals surface area (Å²) in [6.07, 6.45) is -0.979. The lowest BCUT2D eigenvalue weighted by atomic mass is 10.1. The van der Waals surface area contributed by atoms with Crippen LogP contribution in [0.2, 0.25) is 0 Å². The summed E-state index contributed by atoms with van der Waals surface area (Å²) in [6, 6.07) is 13.5. The van der Waals surface area contributed by atoms with Crippen LogP contribution < -0.4 is 10.5 Å². The second-order valence-electron chi connectivity index (χ2n) is 5.96. The Balaban J connectivity index is 1.60. The predicted octanol–water partition coefficient (Wildman–Crippen LogP) is 2.81. The van der Waals surface area contributed by atoms with Crippen molar-refractivity contribution in [3.8, 4) is 5.75 Å². The molecule has 7 heteroatoms. The number of para-hydroxylation sites is 2. The van der Waals surface area contributed by atoms with E-state index in [1.807, 2.05) is 0 Å². The molecule has 0 aliphatic heterocycles. The summed E-state index contributed by atoms with van der Waals surface area (Å²) in [7, 11) is 1.54. The first-order valence-corrected chi connectivity index (χ1v) is 8.45. The lowest BCUT2D eigenvalue weighted by Gasteiger charge is -2.12. The Morgan fingerprint density at radius 2 is 1.81 bits per heavy atom. The molecule has 3 aromatic rings. The minimum absolute atomic E-state index is 0.0519. The Bertz CT molecular complexity index is 1010. The predicted molar refractivity (Wildman–Crippen MR) is 98.0 cm³/mol. The van der Waals surface area contributed by atoms with Crippen molar-refractivity contribution in [2.24, 2.45) is 0 Å². The minimum atomic E-state index is -0.927. The van der Waals surface area contributed by atoms with Gasteiger partial charge < -0.3 is 13.9 Å². The molecular formula is C20H19NO6. The third-order valence-corrected chi connectivity index (χ3v) is 4.17. The molecule has 0 fully saturated rings. The molecule has 0 spiro atoms. The highest BCUT2D eigenvalue weighted by Crippen LogP contribution is 2.15. The van der Waals surface area contributed by atoms with E-state index in [1.54, 1.807) is 48.5 Å². The number of ether oxygens (including phenoxy) is 2. The SMILES string of the molecule is COc1ccc(C(=O)[C@H](C)OC(=O)CCn2c(=O)oc3ccccc32)cc1. The van der Waals surface area contributed by atoms with Crippen LogP contribution in [0, 0.1) is 0 Å². The maximum atomic E-state index is 12.4. The third kappa shape index (κ3) is 4.08. The second-order valence-corrected chi connectivity index (χ2v) is 5.96. The van der Waals surface area contributed by atoms with E-state index in [0.29, 0.717) is 22.4 Å². The van der Waals surface area contributed by atoms with E-state index < -0.39 is 17.8 Å². The fraction of sp³-hybridized carbons (Fsp3) is 0.250. The molecule has 27 heavy (non-hydrogen) atoms. The Kier molecular flexibility index (Phi) is 5.40. The quantitative estimate of drug-likeness (QED) is 0.470. The van der Waals surface area contributed by atoms with E-state index >= 15 is 0 Å². The number of fused-ring (bicyclic) bond motifs is 1. The van der Waals surface area contributed by atoms with Gasteiger partial charge in [0.15, 0.2) is 11.7 Å². The first-order chi connectivity index (χ1) is 13.0. The molecule has 1 atom stereocenters. The number of oxazole rings is 1. The van der Waals surface area contributed by atoms with E-state index in [0.717, 1.165) is 0 Å². The van der Waals surface area contributed by atoms with Gasteiger partial charge in [0.2, 0.25) is 5.78 Å². The molecule has 0 saturated carbocycles. The number of benzene rings is 2. The topological polar surface area (TPSA) is 87.7 Å². The van der Waals surface area contributed by atoms with Gasteiger partial charge in [-0.05, 0) is 43.3 Å². The first kappa shape index (κ1) is 18.4. The van der Waals surface area contributed by atoms with Crippen LogP contribution in [-0.2, 0) is 16.1 Å². The number of Topliss-reactive ketones (excluding diaryl/α,β-unsaturated/α-hetero) is 1. The molecule has 0 saturated heterocycles. The molecule has 0 aliphatic carbocycles. The van der Waals surface area contributed by atoms with E-state index in [1.165, 1.54) is 18.6 Å². The van der Waals surface area contributed by atoms with Crippen LogP contribution >= 0.6 is 0 Å². The smallest absolute Gasteiger partial charge is 0.419 e. The number of hydrogen-bond donors (Lipinski definition) is 0. The fourth-order valence-corrected chi connectivity index (χ4v) is 2.73. The number of carbonyl (C=O) groups is 2. The Morgan fingerprint density at radius 1 is 1.11 bits per heavy atom. The summed E-state index contributed by atoms with van der Waals surface area (Å²) in [5, 5.41) is 0. The molecule has 0 unspecified atom stereocenters. The van der Waals surface area contributed by atoms with Gasteiger partial charge in [-0.2, -0.15) is 0 Å². The normalized spacial score (nSPS) is 11.9. The lowest BCUT2D eigenvalue weighted by Crippen LogP contribution is -2.25. The molecule has 0 aliphatic rings. The number of esters is 1. The fourth-order valence-electron chi connectivity index (χ4n) is 2.73. The molecule has 140 valence electrons. The van der Waals surface area contributed by atoms with Crippen LogP contribution in [0.4, 0.5) is 0 Å². The van der Waals surface area contributed by atoms with Gasteiger partial charge in [0.05, 0.1) is 19.0 Å². The average molecular weight is 369 g/mol. The van der Waals surface area contributed by atoms with Crippen LogP contribution in [-0.4, -0.2) is 29.5 Å². The van der Waals surface area contributed by atoms with Crippen molar-refractivity contribution in [1.82, 2.24) is 4.57 Å². The van der Waals surface area contributed by atoms with E-state index in [2.05, 4.69) is 0 Å². The van der Waals surface area contributed by atoms with Gasteiger partial charge in [0.1, 0.15) is 5.75 Å². The first-order valence-electron chi connectivity index (χ1n) is 8.45. The summed E-state index contributed by atoms with van der Waals surface area (Å²) in [6.45, 7) is 1.63. The number of rotatable bonds is 7. The number of methoxy groups -OCH3 is 1. The standard InChI is InChI=1S/C20H19NO6/c1-13(19(23)14-7-9-15(25-2)10-8-14)26-18(22)11-12-21-16-5-3-4-6-17(16)27-20(21)24/h3-10,13H,11-12H2,1-2H3/t13-/m0/s1. The largest absolute Gasteiger partial charge is 0.497 e. The zero-order chi connectivity index (χ0) is 19.4. The van der Waals surface area contributed by atoms with Crippen LogP contribution in [0.25, 0.3) is 11.1 Å². The third-order valence-electron chi connectivity index (χ3n) is 4.17.